The molecule has 3 N–H and O–H groups in total. The van der Waals surface area contributed by atoms with Gasteiger partial charge in [0.25, 0.3) is 0 Å². The van der Waals surface area contributed by atoms with E-state index in [9.17, 15) is 28.4 Å². The number of ether oxygens (including phenoxy) is 2. The van der Waals surface area contributed by atoms with Gasteiger partial charge in [-0.15, -0.1) is 0 Å². The van der Waals surface area contributed by atoms with Crippen LogP contribution in [0.25, 0.3) is 10.9 Å². The van der Waals surface area contributed by atoms with Crippen molar-refractivity contribution in [1.29, 1.82) is 5.26 Å². The van der Waals surface area contributed by atoms with Crippen LogP contribution in [0.15, 0.2) is 41.3 Å². The number of fused-ring (bicyclic) bond motifs is 1. The number of nitriles is 1. The number of aliphatic hydroxyl groups excluding tert-OH is 1. The van der Waals surface area contributed by atoms with Crippen molar-refractivity contribution >= 4 is 38.9 Å². The monoisotopic (exact) mass is 764 g/mol. The lowest BCUT2D eigenvalue weighted by molar-refractivity contribution is 0.0489. The summed E-state index contributed by atoms with van der Waals surface area (Å²) in [6.45, 7) is 10.4. The summed E-state index contributed by atoms with van der Waals surface area (Å²) >= 11 is 0. The highest BCUT2D eigenvalue weighted by Crippen LogP contribution is 2.35. The number of amides is 3. The summed E-state index contributed by atoms with van der Waals surface area (Å²) < 4.78 is 42.1. The molecule has 0 aliphatic carbocycles. The third-order valence-electron chi connectivity index (χ3n) is 10.6. The molecule has 16 heteroatoms. The number of likely N-dealkylation sites (tertiary alicyclic amines) is 1. The number of aryl methyl sites for hydroxylation is 1. The van der Waals surface area contributed by atoms with Gasteiger partial charge in [-0.1, -0.05) is 13.0 Å². The minimum atomic E-state index is -3.86. The molecule has 2 aromatic carbocycles. The van der Waals surface area contributed by atoms with Crippen molar-refractivity contribution in [2.75, 3.05) is 44.2 Å². The molecule has 3 fully saturated rings. The minimum Gasteiger partial charge on any atom is -0.491 e. The second-order valence-corrected chi connectivity index (χ2v) is 17.3. The fraction of sp³-hybridized carbons (Fsp3) is 0.579. The molecule has 292 valence electrons. The minimum absolute atomic E-state index is 0.0689. The molecule has 3 amide bonds. The van der Waals surface area contributed by atoms with Gasteiger partial charge in [0.1, 0.15) is 30.3 Å². The van der Waals surface area contributed by atoms with Crippen LogP contribution in [0.5, 0.6) is 5.75 Å². The lowest BCUT2D eigenvalue weighted by Gasteiger charge is -2.37. The molecule has 0 saturated carbocycles. The number of aliphatic hydroxyl groups is 1. The first kappa shape index (κ1) is 39.3. The van der Waals surface area contributed by atoms with Gasteiger partial charge in [0.2, 0.25) is 10.0 Å². The Morgan fingerprint density at radius 2 is 1.80 bits per heavy atom. The topological polar surface area (TPSA) is 182 Å². The number of carbonyl (C=O) groups is 2. The third kappa shape index (κ3) is 8.75. The summed E-state index contributed by atoms with van der Waals surface area (Å²) in [6.07, 6.45) is 2.69. The molecule has 3 aromatic rings. The van der Waals surface area contributed by atoms with E-state index in [1.165, 1.54) is 28.1 Å². The first-order valence-electron chi connectivity index (χ1n) is 18.8. The maximum Gasteiger partial charge on any atom is 0.407 e. The Balaban J connectivity index is 1.05. The molecule has 4 heterocycles. The highest BCUT2D eigenvalue weighted by Gasteiger charge is 2.33. The average Bonchev–Trinajstić information content (AvgIpc) is 3.46. The molecule has 3 saturated heterocycles. The summed E-state index contributed by atoms with van der Waals surface area (Å²) in [7, 11) is -1.98. The van der Waals surface area contributed by atoms with Crippen LogP contribution in [0.1, 0.15) is 83.3 Å². The van der Waals surface area contributed by atoms with Gasteiger partial charge in [-0.05, 0) is 102 Å². The van der Waals surface area contributed by atoms with Gasteiger partial charge in [0.15, 0.2) is 5.82 Å². The number of carbonyl (C=O) groups excluding carboxylic acids is 2. The summed E-state index contributed by atoms with van der Waals surface area (Å²) in [5, 5.41) is 30.6. The van der Waals surface area contributed by atoms with E-state index in [-0.39, 0.29) is 47.4 Å². The van der Waals surface area contributed by atoms with E-state index in [0.29, 0.717) is 44.1 Å². The number of piperidine rings is 2. The van der Waals surface area contributed by atoms with Gasteiger partial charge in [0.05, 0.1) is 16.0 Å². The highest BCUT2D eigenvalue weighted by molar-refractivity contribution is 7.89. The first-order chi connectivity index (χ1) is 25.7. The number of benzene rings is 2. The average molecular weight is 765 g/mol. The number of hydrogen-bond donors (Lipinski definition) is 3. The number of urea groups is 1. The normalized spacial score (nSPS) is 20.4. The van der Waals surface area contributed by atoms with Gasteiger partial charge in [0, 0.05) is 56.6 Å². The molecular weight excluding hydrogens is 713 g/mol. The van der Waals surface area contributed by atoms with Crippen LogP contribution < -0.4 is 20.3 Å². The summed E-state index contributed by atoms with van der Waals surface area (Å²) in [4.78, 5) is 28.8. The lowest BCUT2D eigenvalue weighted by Crippen LogP contribution is -2.52. The van der Waals surface area contributed by atoms with Crippen molar-refractivity contribution in [3.05, 3.63) is 47.5 Å². The van der Waals surface area contributed by atoms with Crippen molar-refractivity contribution in [2.24, 2.45) is 7.05 Å². The standard InChI is InChI=1S/C38H52N8O7S/c1-6-29(44-16-11-25(12-17-44)26-8-10-31-32(21-26)43(5)42-35(31)46-20-15-34(47)41-36(46)48)24-52-33-22-30(9-7-27(33)23-39)54(50,51)45-18-13-28(14-19-45)40-37(49)53-38(2,3)4/h7-10,21-22,25,28-29,34,47H,6,11-20,24H2,1-5H3,(H,40,49)(H,41,48). The van der Waals surface area contributed by atoms with Crippen LogP contribution in [0.3, 0.4) is 0 Å². The number of aromatic nitrogens is 2. The maximum absolute atomic E-state index is 13.7. The number of alkyl carbamates (subject to hydrolysis) is 1. The fourth-order valence-corrected chi connectivity index (χ4v) is 9.05. The molecular formula is C38H52N8O7S. The van der Waals surface area contributed by atoms with E-state index in [0.717, 1.165) is 43.3 Å². The van der Waals surface area contributed by atoms with Crippen LogP contribution in [-0.2, 0) is 21.8 Å². The second-order valence-electron chi connectivity index (χ2n) is 15.4. The molecule has 2 unspecified atom stereocenters. The van der Waals surface area contributed by atoms with Gasteiger partial charge in [-0.25, -0.2) is 18.0 Å². The molecule has 0 bridgehead atoms. The number of hydrogen-bond acceptors (Lipinski definition) is 10. The Labute approximate surface area is 317 Å². The molecule has 0 radical (unpaired) electrons. The Hall–Kier alpha value is -4.43. The van der Waals surface area contributed by atoms with Crippen molar-refractivity contribution in [3.63, 3.8) is 0 Å². The number of rotatable bonds is 10. The summed E-state index contributed by atoms with van der Waals surface area (Å²) in [5.41, 5.74) is 1.82. The highest BCUT2D eigenvalue weighted by atomic mass is 32.2. The Bertz CT molecular complexity index is 1990. The van der Waals surface area contributed by atoms with Crippen LogP contribution in [0.2, 0.25) is 0 Å². The van der Waals surface area contributed by atoms with Crippen molar-refractivity contribution in [1.82, 2.24) is 29.6 Å². The van der Waals surface area contributed by atoms with Crippen LogP contribution in [0, 0.1) is 11.3 Å². The Kier molecular flexibility index (Phi) is 11.7. The molecule has 2 atom stereocenters. The Morgan fingerprint density at radius 1 is 1.07 bits per heavy atom. The zero-order chi connectivity index (χ0) is 38.8. The third-order valence-corrected chi connectivity index (χ3v) is 12.5. The zero-order valence-electron chi connectivity index (χ0n) is 31.7. The van der Waals surface area contributed by atoms with Crippen LogP contribution in [-0.4, -0.2) is 108 Å². The van der Waals surface area contributed by atoms with Crippen molar-refractivity contribution in [2.45, 2.75) is 101 Å². The SMILES string of the molecule is CCC(COc1cc(S(=O)(=O)N2CCC(NC(=O)OC(C)(C)C)CC2)ccc1C#N)N1CCC(c2ccc3c(N4CCC(O)NC4=O)nn(C)c3c2)CC1. The smallest absolute Gasteiger partial charge is 0.407 e. The maximum atomic E-state index is 13.7. The zero-order valence-corrected chi connectivity index (χ0v) is 32.6. The first-order valence-corrected chi connectivity index (χ1v) is 20.2. The summed E-state index contributed by atoms with van der Waals surface area (Å²) in [5.74, 6) is 1.18. The van der Waals surface area contributed by atoms with Crippen LogP contribution in [0.4, 0.5) is 15.4 Å². The van der Waals surface area contributed by atoms with E-state index in [1.54, 1.807) is 30.4 Å². The number of nitrogens with zero attached hydrogens (tertiary/aromatic N) is 6. The van der Waals surface area contributed by atoms with E-state index < -0.39 is 27.9 Å². The lowest BCUT2D eigenvalue weighted by atomic mass is 9.88. The van der Waals surface area contributed by atoms with E-state index >= 15 is 0 Å². The van der Waals surface area contributed by atoms with E-state index in [1.807, 2.05) is 13.1 Å². The Morgan fingerprint density at radius 3 is 2.44 bits per heavy atom. The molecule has 3 aliphatic heterocycles. The fourth-order valence-electron chi connectivity index (χ4n) is 7.56. The summed E-state index contributed by atoms with van der Waals surface area (Å²) in [6, 6.07) is 12.4. The van der Waals surface area contributed by atoms with Crippen LogP contribution >= 0.6 is 0 Å². The van der Waals surface area contributed by atoms with E-state index in [2.05, 4.69) is 45.8 Å². The van der Waals surface area contributed by atoms with Crippen molar-refractivity contribution < 1.29 is 32.6 Å². The van der Waals surface area contributed by atoms with Crippen molar-refractivity contribution in [3.8, 4) is 11.8 Å². The molecule has 15 nitrogen and oxygen atoms in total. The van der Waals surface area contributed by atoms with Gasteiger partial charge in [-0.3, -0.25) is 14.5 Å². The largest absolute Gasteiger partial charge is 0.491 e. The van der Waals surface area contributed by atoms with E-state index in [4.69, 9.17) is 9.47 Å². The van der Waals surface area contributed by atoms with Gasteiger partial charge in [-0.2, -0.15) is 14.7 Å². The number of anilines is 1. The quantitative estimate of drug-likeness (QED) is 0.268. The second kappa shape index (κ2) is 16.1. The van der Waals surface area contributed by atoms with Gasteiger partial charge >= 0.3 is 12.1 Å². The number of nitrogens with one attached hydrogen (secondary N) is 2. The predicted octanol–water partition coefficient (Wildman–Crippen LogP) is 4.40. The predicted molar refractivity (Wildman–Crippen MR) is 203 cm³/mol. The molecule has 54 heavy (non-hydrogen) atoms. The molecule has 3 aliphatic rings. The number of sulfonamides is 1. The molecule has 6 rings (SSSR count). The van der Waals surface area contributed by atoms with Gasteiger partial charge < -0.3 is 25.2 Å². The molecule has 0 spiro atoms. The molecule has 1 aromatic heterocycles.